The standard InChI is InChI=1S/C21H27N3O2/c1-15-13-19(17-7-10-22-11-8-17)9-12-24(15)21(25)23-16(2)18-5-4-6-20(14-18)26-3/h4-8,10-11,14-16,19H,9,12-13H2,1-3H3,(H,23,25)/t15-,16+,19+/m0/s1. The number of piperidine rings is 1. The Balaban J connectivity index is 1.60. The van der Waals surface area contributed by atoms with Crippen molar-refractivity contribution in [2.75, 3.05) is 13.7 Å². The predicted molar refractivity (Wildman–Crippen MR) is 102 cm³/mol. The smallest absolute Gasteiger partial charge is 0.318 e. The summed E-state index contributed by atoms with van der Waals surface area (Å²) in [4.78, 5) is 18.8. The second kappa shape index (κ2) is 8.21. The van der Waals surface area contributed by atoms with Gasteiger partial charge in [0.1, 0.15) is 5.75 Å². The maximum absolute atomic E-state index is 12.8. The molecule has 1 aromatic heterocycles. The zero-order valence-corrected chi connectivity index (χ0v) is 15.7. The molecule has 1 aliphatic heterocycles. The van der Waals surface area contributed by atoms with Crippen molar-refractivity contribution in [2.24, 2.45) is 0 Å². The van der Waals surface area contributed by atoms with Gasteiger partial charge in [0.15, 0.2) is 0 Å². The number of hydrogen-bond donors (Lipinski definition) is 1. The molecule has 0 aliphatic carbocycles. The van der Waals surface area contributed by atoms with E-state index in [9.17, 15) is 4.79 Å². The van der Waals surface area contributed by atoms with Crippen molar-refractivity contribution in [2.45, 2.75) is 44.7 Å². The van der Waals surface area contributed by atoms with Crippen LogP contribution in [-0.2, 0) is 0 Å². The van der Waals surface area contributed by atoms with Gasteiger partial charge in [-0.1, -0.05) is 12.1 Å². The van der Waals surface area contributed by atoms with Gasteiger partial charge in [-0.2, -0.15) is 0 Å². The summed E-state index contributed by atoms with van der Waals surface area (Å²) >= 11 is 0. The molecule has 1 saturated heterocycles. The van der Waals surface area contributed by atoms with Crippen LogP contribution in [0.15, 0.2) is 48.8 Å². The number of nitrogens with zero attached hydrogens (tertiary/aromatic N) is 2. The van der Waals surface area contributed by atoms with Gasteiger partial charge >= 0.3 is 6.03 Å². The van der Waals surface area contributed by atoms with Crippen LogP contribution >= 0.6 is 0 Å². The van der Waals surface area contributed by atoms with E-state index < -0.39 is 0 Å². The molecule has 1 N–H and O–H groups in total. The number of carbonyl (C=O) groups is 1. The van der Waals surface area contributed by atoms with Crippen LogP contribution in [-0.4, -0.2) is 35.6 Å². The van der Waals surface area contributed by atoms with E-state index >= 15 is 0 Å². The van der Waals surface area contributed by atoms with Crippen LogP contribution in [0, 0.1) is 0 Å². The number of hydrogen-bond acceptors (Lipinski definition) is 3. The predicted octanol–water partition coefficient (Wildman–Crippen LogP) is 4.13. The van der Waals surface area contributed by atoms with E-state index in [1.807, 2.05) is 48.5 Å². The number of aromatic nitrogens is 1. The lowest BCUT2D eigenvalue weighted by Gasteiger charge is -2.38. The summed E-state index contributed by atoms with van der Waals surface area (Å²) in [7, 11) is 1.65. The molecule has 138 valence electrons. The summed E-state index contributed by atoms with van der Waals surface area (Å²) in [6.07, 6.45) is 5.64. The average Bonchev–Trinajstić information content (AvgIpc) is 2.68. The normalized spacial score (nSPS) is 21.1. The fraction of sp³-hybridized carbons (Fsp3) is 0.429. The second-order valence-corrected chi connectivity index (χ2v) is 6.99. The van der Waals surface area contributed by atoms with E-state index in [1.54, 1.807) is 7.11 Å². The van der Waals surface area contributed by atoms with Crippen LogP contribution in [0.1, 0.15) is 49.8 Å². The molecule has 2 amide bonds. The molecule has 3 atom stereocenters. The van der Waals surface area contributed by atoms with Gasteiger partial charge in [0.2, 0.25) is 0 Å². The van der Waals surface area contributed by atoms with Crippen molar-refractivity contribution in [1.82, 2.24) is 15.2 Å². The number of ether oxygens (including phenoxy) is 1. The lowest BCUT2D eigenvalue weighted by molar-refractivity contribution is 0.148. The van der Waals surface area contributed by atoms with E-state index in [-0.39, 0.29) is 18.1 Å². The van der Waals surface area contributed by atoms with Crippen molar-refractivity contribution < 1.29 is 9.53 Å². The lowest BCUT2D eigenvalue weighted by Crippen LogP contribution is -2.49. The molecule has 0 bridgehead atoms. The molecule has 26 heavy (non-hydrogen) atoms. The summed E-state index contributed by atoms with van der Waals surface area (Å²) in [5, 5.41) is 3.12. The van der Waals surface area contributed by atoms with Crippen LogP contribution < -0.4 is 10.1 Å². The quantitative estimate of drug-likeness (QED) is 0.899. The highest BCUT2D eigenvalue weighted by atomic mass is 16.5. The van der Waals surface area contributed by atoms with Gasteiger partial charge in [-0.15, -0.1) is 0 Å². The molecule has 3 rings (SSSR count). The number of likely N-dealkylation sites (tertiary alicyclic amines) is 1. The maximum Gasteiger partial charge on any atom is 0.318 e. The molecular formula is C21H27N3O2. The number of carbonyl (C=O) groups excluding carboxylic acids is 1. The highest BCUT2D eigenvalue weighted by Gasteiger charge is 2.30. The molecule has 0 radical (unpaired) electrons. The molecule has 2 heterocycles. The van der Waals surface area contributed by atoms with Gasteiger partial charge in [0, 0.05) is 25.0 Å². The van der Waals surface area contributed by atoms with Crippen molar-refractivity contribution in [3.63, 3.8) is 0 Å². The molecule has 0 saturated carbocycles. The molecule has 5 nitrogen and oxygen atoms in total. The number of urea groups is 1. The Labute approximate surface area is 155 Å². The van der Waals surface area contributed by atoms with Crippen LogP contribution in [0.5, 0.6) is 5.75 Å². The summed E-state index contributed by atoms with van der Waals surface area (Å²) in [6.45, 7) is 4.90. The van der Waals surface area contributed by atoms with E-state index in [0.717, 1.165) is 30.7 Å². The zero-order valence-electron chi connectivity index (χ0n) is 15.7. The van der Waals surface area contributed by atoms with Gasteiger partial charge < -0.3 is 15.0 Å². The molecule has 0 spiro atoms. The van der Waals surface area contributed by atoms with Gasteiger partial charge in [-0.05, 0) is 68.0 Å². The summed E-state index contributed by atoms with van der Waals surface area (Å²) in [5.74, 6) is 1.29. The number of pyridine rings is 1. The third-order valence-electron chi connectivity index (χ3n) is 5.25. The highest BCUT2D eigenvalue weighted by molar-refractivity contribution is 5.75. The zero-order chi connectivity index (χ0) is 18.5. The van der Waals surface area contributed by atoms with Crippen molar-refractivity contribution in [1.29, 1.82) is 0 Å². The third-order valence-corrected chi connectivity index (χ3v) is 5.25. The second-order valence-electron chi connectivity index (χ2n) is 6.99. The number of benzene rings is 1. The molecule has 1 fully saturated rings. The summed E-state index contributed by atoms with van der Waals surface area (Å²) in [5.41, 5.74) is 2.36. The van der Waals surface area contributed by atoms with Gasteiger partial charge in [0.25, 0.3) is 0 Å². The molecule has 2 aromatic rings. The minimum atomic E-state index is -0.0669. The first kappa shape index (κ1) is 18.2. The SMILES string of the molecule is COc1cccc([C@@H](C)NC(=O)N2CC[C@@H](c3ccncc3)C[C@@H]2C)c1. The largest absolute Gasteiger partial charge is 0.497 e. The van der Waals surface area contributed by atoms with Crippen LogP contribution in [0.3, 0.4) is 0 Å². The van der Waals surface area contributed by atoms with Crippen molar-refractivity contribution in [3.8, 4) is 5.75 Å². The third kappa shape index (κ3) is 4.15. The van der Waals surface area contributed by atoms with Gasteiger partial charge in [0.05, 0.1) is 13.2 Å². The highest BCUT2D eigenvalue weighted by Crippen LogP contribution is 2.31. The first-order valence-electron chi connectivity index (χ1n) is 9.19. The van der Waals surface area contributed by atoms with E-state index in [1.165, 1.54) is 5.56 Å². The Kier molecular flexibility index (Phi) is 5.76. The van der Waals surface area contributed by atoms with E-state index in [2.05, 4.69) is 29.4 Å². The van der Waals surface area contributed by atoms with Crippen LogP contribution in [0.25, 0.3) is 0 Å². The van der Waals surface area contributed by atoms with Crippen LogP contribution in [0.4, 0.5) is 4.79 Å². The molecule has 5 heteroatoms. The Morgan fingerprint density at radius 2 is 2.08 bits per heavy atom. The maximum atomic E-state index is 12.8. The van der Waals surface area contributed by atoms with Crippen molar-refractivity contribution >= 4 is 6.03 Å². The number of rotatable bonds is 4. The minimum Gasteiger partial charge on any atom is -0.497 e. The molecule has 0 unspecified atom stereocenters. The minimum absolute atomic E-state index is 0.000924. The van der Waals surface area contributed by atoms with Gasteiger partial charge in [-0.25, -0.2) is 4.79 Å². The molecule has 1 aliphatic rings. The van der Waals surface area contributed by atoms with Gasteiger partial charge in [-0.3, -0.25) is 4.98 Å². The average molecular weight is 353 g/mol. The lowest BCUT2D eigenvalue weighted by atomic mass is 9.86. The van der Waals surface area contributed by atoms with E-state index in [4.69, 9.17) is 4.74 Å². The monoisotopic (exact) mass is 353 g/mol. The Bertz CT molecular complexity index is 735. The fourth-order valence-electron chi connectivity index (χ4n) is 3.67. The number of amides is 2. The molecule has 1 aromatic carbocycles. The summed E-state index contributed by atoms with van der Waals surface area (Å²) in [6, 6.07) is 12.1. The Morgan fingerprint density at radius 1 is 1.31 bits per heavy atom. The topological polar surface area (TPSA) is 54.5 Å². The molecular weight excluding hydrogens is 326 g/mol. The Morgan fingerprint density at radius 3 is 2.77 bits per heavy atom. The fourth-order valence-corrected chi connectivity index (χ4v) is 3.67. The first-order valence-corrected chi connectivity index (χ1v) is 9.19. The summed E-state index contributed by atoms with van der Waals surface area (Å²) < 4.78 is 5.27. The Hall–Kier alpha value is -2.56. The number of nitrogens with one attached hydrogen (secondary N) is 1. The van der Waals surface area contributed by atoms with Crippen molar-refractivity contribution in [3.05, 3.63) is 59.9 Å². The van der Waals surface area contributed by atoms with E-state index in [0.29, 0.717) is 5.92 Å². The first-order chi connectivity index (χ1) is 12.6. The number of methoxy groups -OCH3 is 1. The van der Waals surface area contributed by atoms with Crippen LogP contribution in [0.2, 0.25) is 0 Å².